The zero-order chi connectivity index (χ0) is 19.9. The number of benzene rings is 1. The van der Waals surface area contributed by atoms with Gasteiger partial charge in [0.05, 0.1) is 11.9 Å². The maximum Gasteiger partial charge on any atom is 0.0678 e. The second kappa shape index (κ2) is 7.64. The molecule has 4 rings (SSSR count). The molecule has 0 radical (unpaired) electrons. The number of nitrogens with zero attached hydrogens (tertiary/aromatic N) is 3. The van der Waals surface area contributed by atoms with Gasteiger partial charge in [0.2, 0.25) is 0 Å². The van der Waals surface area contributed by atoms with Gasteiger partial charge in [-0.15, -0.1) is 0 Å². The van der Waals surface area contributed by atoms with Crippen LogP contribution in [-0.4, -0.2) is 39.9 Å². The first kappa shape index (κ1) is 19.7. The Morgan fingerprint density at radius 1 is 1.14 bits per heavy atom. The monoisotopic (exact) mass is 380 g/mol. The van der Waals surface area contributed by atoms with Crippen molar-refractivity contribution in [2.45, 2.75) is 78.4 Å². The predicted octanol–water partition coefficient (Wildman–Crippen LogP) is 4.66. The van der Waals surface area contributed by atoms with Gasteiger partial charge in [-0.1, -0.05) is 32.0 Å². The molecular formula is C24H36N4. The minimum absolute atomic E-state index is 0.282. The molecule has 0 spiro atoms. The average molecular weight is 381 g/mol. The first-order chi connectivity index (χ1) is 13.3. The van der Waals surface area contributed by atoms with Gasteiger partial charge >= 0.3 is 0 Å². The summed E-state index contributed by atoms with van der Waals surface area (Å²) in [5.41, 5.74) is 5.58. The molecule has 1 aliphatic heterocycles. The fourth-order valence-electron chi connectivity index (χ4n) is 5.07. The first-order valence-corrected chi connectivity index (χ1v) is 11.0. The number of likely N-dealkylation sites (tertiary alicyclic amines) is 1. The molecule has 1 atom stereocenters. The van der Waals surface area contributed by atoms with Crippen molar-refractivity contribution in [1.29, 1.82) is 0 Å². The summed E-state index contributed by atoms with van der Waals surface area (Å²) in [6, 6.07) is 10.3. The molecular weight excluding hydrogens is 344 g/mol. The van der Waals surface area contributed by atoms with Gasteiger partial charge in [0, 0.05) is 29.4 Å². The fourth-order valence-corrected chi connectivity index (χ4v) is 5.07. The van der Waals surface area contributed by atoms with Crippen LogP contribution in [0.25, 0.3) is 5.69 Å². The van der Waals surface area contributed by atoms with Crippen LogP contribution in [0, 0.1) is 12.3 Å². The number of hydrogen-bond donors (Lipinski definition) is 1. The number of piperidine rings is 1. The lowest BCUT2D eigenvalue weighted by Crippen LogP contribution is -2.47. The molecule has 0 bridgehead atoms. The van der Waals surface area contributed by atoms with Crippen molar-refractivity contribution >= 4 is 0 Å². The van der Waals surface area contributed by atoms with Gasteiger partial charge in [-0.3, -0.25) is 0 Å². The van der Waals surface area contributed by atoms with Crippen LogP contribution in [0.2, 0.25) is 0 Å². The molecule has 1 N–H and O–H groups in total. The lowest BCUT2D eigenvalue weighted by atomic mass is 9.74. The van der Waals surface area contributed by atoms with E-state index < -0.39 is 0 Å². The third kappa shape index (κ3) is 3.90. The number of hydrogen-bond acceptors (Lipinski definition) is 3. The van der Waals surface area contributed by atoms with E-state index in [9.17, 15) is 0 Å². The summed E-state index contributed by atoms with van der Waals surface area (Å²) >= 11 is 0. The first-order valence-electron chi connectivity index (χ1n) is 11.0. The number of aryl methyl sites for hydroxylation is 1. The van der Waals surface area contributed by atoms with Crippen LogP contribution < -0.4 is 5.32 Å². The van der Waals surface area contributed by atoms with Crippen molar-refractivity contribution in [2.75, 3.05) is 13.1 Å². The van der Waals surface area contributed by atoms with Gasteiger partial charge in [-0.2, -0.15) is 5.10 Å². The average Bonchev–Trinajstić information content (AvgIpc) is 3.05. The summed E-state index contributed by atoms with van der Waals surface area (Å²) in [6.07, 6.45) is 6.88. The summed E-state index contributed by atoms with van der Waals surface area (Å²) in [7, 11) is 0. The number of para-hydroxylation sites is 1. The van der Waals surface area contributed by atoms with Crippen molar-refractivity contribution in [3.8, 4) is 5.69 Å². The highest BCUT2D eigenvalue weighted by Gasteiger charge is 2.36. The van der Waals surface area contributed by atoms with Crippen LogP contribution in [-0.2, 0) is 6.42 Å². The summed E-state index contributed by atoms with van der Waals surface area (Å²) in [5.74, 6) is 0. The largest absolute Gasteiger partial charge is 0.307 e. The summed E-state index contributed by atoms with van der Waals surface area (Å²) in [5, 5.41) is 8.87. The van der Waals surface area contributed by atoms with E-state index in [2.05, 4.69) is 80.0 Å². The van der Waals surface area contributed by atoms with Crippen LogP contribution in [0.4, 0.5) is 0 Å². The van der Waals surface area contributed by atoms with E-state index in [1.165, 1.54) is 54.9 Å². The Balaban J connectivity index is 1.57. The molecule has 1 saturated heterocycles. The van der Waals surface area contributed by atoms with E-state index in [0.717, 1.165) is 6.42 Å². The quantitative estimate of drug-likeness (QED) is 0.838. The van der Waals surface area contributed by atoms with Crippen LogP contribution in [0.15, 0.2) is 30.5 Å². The Labute approximate surface area is 170 Å². The summed E-state index contributed by atoms with van der Waals surface area (Å²) < 4.78 is 2.20. The second-order valence-electron chi connectivity index (χ2n) is 9.91. The molecule has 1 aromatic carbocycles. The topological polar surface area (TPSA) is 33.1 Å². The van der Waals surface area contributed by atoms with E-state index >= 15 is 0 Å². The molecule has 28 heavy (non-hydrogen) atoms. The highest BCUT2D eigenvalue weighted by atomic mass is 15.3. The van der Waals surface area contributed by atoms with E-state index in [1.54, 1.807) is 0 Å². The summed E-state index contributed by atoms with van der Waals surface area (Å²) in [6.45, 7) is 14.0. The maximum absolute atomic E-state index is 4.84. The molecule has 4 nitrogen and oxygen atoms in total. The van der Waals surface area contributed by atoms with E-state index in [-0.39, 0.29) is 5.41 Å². The number of rotatable bonds is 4. The van der Waals surface area contributed by atoms with Crippen LogP contribution in [0.5, 0.6) is 0 Å². The SMILES string of the molecule is Cc1ccccc1-n1ncc2c1CC(C)(C)C[C@@H]2NC1CCN(C(C)C)CC1. The minimum Gasteiger partial charge on any atom is -0.307 e. The Morgan fingerprint density at radius 3 is 2.54 bits per heavy atom. The van der Waals surface area contributed by atoms with Crippen molar-refractivity contribution in [2.24, 2.45) is 5.41 Å². The smallest absolute Gasteiger partial charge is 0.0678 e. The number of fused-ring (bicyclic) bond motifs is 1. The standard InChI is InChI=1S/C24H36N4/c1-17(2)27-12-10-19(11-13-27)26-21-14-24(4,5)15-23-20(21)16-25-28(23)22-9-7-6-8-18(22)3/h6-9,16-17,19,21,26H,10-15H2,1-5H3/t21-/m0/s1. The van der Waals surface area contributed by atoms with Crippen molar-refractivity contribution in [3.63, 3.8) is 0 Å². The highest BCUT2D eigenvalue weighted by Crippen LogP contribution is 2.42. The molecule has 4 heteroatoms. The Morgan fingerprint density at radius 2 is 1.86 bits per heavy atom. The zero-order valence-electron chi connectivity index (χ0n) is 18.2. The molecule has 0 amide bonds. The van der Waals surface area contributed by atoms with Crippen molar-refractivity contribution in [3.05, 3.63) is 47.3 Å². The molecule has 2 aromatic rings. The third-order valence-electron chi connectivity index (χ3n) is 6.72. The molecule has 2 aliphatic rings. The number of aromatic nitrogens is 2. The molecule has 152 valence electrons. The Bertz CT molecular complexity index is 812. The minimum atomic E-state index is 0.282. The lowest BCUT2D eigenvalue weighted by molar-refractivity contribution is 0.147. The van der Waals surface area contributed by atoms with Crippen molar-refractivity contribution < 1.29 is 0 Å². The normalized spacial score (nSPS) is 23.1. The van der Waals surface area contributed by atoms with E-state index in [4.69, 9.17) is 5.10 Å². The fraction of sp³-hybridized carbons (Fsp3) is 0.625. The van der Waals surface area contributed by atoms with Gasteiger partial charge in [-0.25, -0.2) is 4.68 Å². The lowest BCUT2D eigenvalue weighted by Gasteiger charge is -2.40. The number of nitrogens with one attached hydrogen (secondary N) is 1. The van der Waals surface area contributed by atoms with Gasteiger partial charge in [0.25, 0.3) is 0 Å². The molecule has 1 aliphatic carbocycles. The second-order valence-corrected chi connectivity index (χ2v) is 9.91. The molecule has 0 unspecified atom stereocenters. The third-order valence-corrected chi connectivity index (χ3v) is 6.72. The molecule has 1 fully saturated rings. The molecule has 2 heterocycles. The van der Waals surface area contributed by atoms with Crippen LogP contribution >= 0.6 is 0 Å². The van der Waals surface area contributed by atoms with Gasteiger partial charge in [0.15, 0.2) is 0 Å². The van der Waals surface area contributed by atoms with Gasteiger partial charge in [-0.05, 0) is 76.6 Å². The zero-order valence-corrected chi connectivity index (χ0v) is 18.2. The maximum atomic E-state index is 4.84. The highest BCUT2D eigenvalue weighted by molar-refractivity contribution is 5.43. The van der Waals surface area contributed by atoms with Gasteiger partial charge < -0.3 is 10.2 Å². The summed E-state index contributed by atoms with van der Waals surface area (Å²) in [4.78, 5) is 2.60. The van der Waals surface area contributed by atoms with Gasteiger partial charge in [0.1, 0.15) is 0 Å². The molecule has 0 saturated carbocycles. The van der Waals surface area contributed by atoms with Crippen LogP contribution in [0.1, 0.15) is 69.8 Å². The Kier molecular flexibility index (Phi) is 5.36. The van der Waals surface area contributed by atoms with E-state index in [0.29, 0.717) is 18.1 Å². The van der Waals surface area contributed by atoms with E-state index in [1.807, 2.05) is 0 Å². The predicted molar refractivity (Wildman–Crippen MR) is 116 cm³/mol. The Hall–Kier alpha value is -1.65. The van der Waals surface area contributed by atoms with Crippen molar-refractivity contribution in [1.82, 2.24) is 20.0 Å². The van der Waals surface area contributed by atoms with Crippen LogP contribution in [0.3, 0.4) is 0 Å². The molecule has 1 aromatic heterocycles.